The molecule has 1 aliphatic rings. The Morgan fingerprint density at radius 1 is 1.08 bits per heavy atom. The van der Waals surface area contributed by atoms with Crippen molar-refractivity contribution in [2.24, 2.45) is 0 Å². The first-order valence-electron chi connectivity index (χ1n) is 8.29. The largest absolute Gasteiger partial charge is 0.497 e. The molecule has 1 aromatic rings. The molecule has 0 aromatic heterocycles. The molecule has 1 amide bonds. The van der Waals surface area contributed by atoms with Gasteiger partial charge in [-0.1, -0.05) is 12.1 Å². The van der Waals surface area contributed by atoms with Crippen LogP contribution in [0.4, 0.5) is 4.79 Å². The molecule has 142 valence electrons. The van der Waals surface area contributed by atoms with Gasteiger partial charge < -0.3 is 18.9 Å². The summed E-state index contributed by atoms with van der Waals surface area (Å²) in [6.45, 7) is 4.49. The van der Waals surface area contributed by atoms with Gasteiger partial charge in [-0.25, -0.2) is 4.79 Å². The molecule has 1 heterocycles. The van der Waals surface area contributed by atoms with Crippen molar-refractivity contribution in [3.63, 3.8) is 0 Å². The predicted molar refractivity (Wildman–Crippen MR) is 90.6 cm³/mol. The first kappa shape index (κ1) is 19.6. The maximum absolute atomic E-state index is 12.4. The van der Waals surface area contributed by atoms with E-state index >= 15 is 0 Å². The fourth-order valence-electron chi connectivity index (χ4n) is 3.01. The lowest BCUT2D eigenvalue weighted by Crippen LogP contribution is -2.35. The fraction of sp³-hybridized carbons (Fsp3) is 0.500. The summed E-state index contributed by atoms with van der Waals surface area (Å²) < 4.78 is 21.0. The molecule has 1 saturated heterocycles. The Kier molecular flexibility index (Phi) is 6.43. The third-order valence-electron chi connectivity index (χ3n) is 3.97. The topological polar surface area (TPSA) is 91.4 Å². The molecule has 8 heteroatoms. The van der Waals surface area contributed by atoms with Crippen LogP contribution in [-0.4, -0.2) is 55.4 Å². The summed E-state index contributed by atoms with van der Waals surface area (Å²) in [7, 11) is 1.55. The molecule has 0 spiro atoms. The first-order chi connectivity index (χ1) is 12.4. The molecule has 0 radical (unpaired) electrons. The number of hydrogen-bond acceptors (Lipinski definition) is 7. The second-order valence-corrected chi connectivity index (χ2v) is 5.79. The zero-order valence-corrected chi connectivity index (χ0v) is 15.3. The number of carbonyl (C=O) groups excluding carboxylic acids is 3. The number of nitrogens with zero attached hydrogens (tertiary/aromatic N) is 1. The molecular formula is C18H23NO7. The van der Waals surface area contributed by atoms with Gasteiger partial charge in [0.1, 0.15) is 11.8 Å². The predicted octanol–water partition coefficient (Wildman–Crippen LogP) is 2.07. The van der Waals surface area contributed by atoms with Crippen LogP contribution >= 0.6 is 0 Å². The van der Waals surface area contributed by atoms with Crippen LogP contribution in [0, 0.1) is 0 Å². The minimum atomic E-state index is -0.839. The summed E-state index contributed by atoms with van der Waals surface area (Å²) in [4.78, 5) is 36.9. The lowest BCUT2D eigenvalue weighted by molar-refractivity contribution is -0.162. The Morgan fingerprint density at radius 2 is 1.69 bits per heavy atom. The zero-order valence-electron chi connectivity index (χ0n) is 15.3. The fourth-order valence-corrected chi connectivity index (χ4v) is 3.01. The van der Waals surface area contributed by atoms with E-state index in [1.165, 1.54) is 18.7 Å². The molecule has 0 aliphatic carbocycles. The van der Waals surface area contributed by atoms with Crippen molar-refractivity contribution in [2.75, 3.05) is 20.3 Å². The SMILES string of the molecule is CCOC(=O)N1C[C@H](OC(C)=O)[C@@H](OC(C)=O)[C@@H]1c1ccc(OC)cc1. The molecule has 0 saturated carbocycles. The van der Waals surface area contributed by atoms with Crippen molar-refractivity contribution in [1.82, 2.24) is 4.90 Å². The number of ether oxygens (including phenoxy) is 4. The number of amides is 1. The second kappa shape index (κ2) is 8.55. The minimum Gasteiger partial charge on any atom is -0.497 e. The van der Waals surface area contributed by atoms with E-state index in [-0.39, 0.29) is 13.2 Å². The Hall–Kier alpha value is -2.77. The van der Waals surface area contributed by atoms with Crippen LogP contribution in [0.5, 0.6) is 5.75 Å². The lowest BCUT2D eigenvalue weighted by Gasteiger charge is -2.27. The monoisotopic (exact) mass is 365 g/mol. The molecule has 0 N–H and O–H groups in total. The second-order valence-electron chi connectivity index (χ2n) is 5.79. The summed E-state index contributed by atoms with van der Waals surface area (Å²) in [5.41, 5.74) is 0.708. The van der Waals surface area contributed by atoms with Crippen LogP contribution in [0.3, 0.4) is 0 Å². The Labute approximate surface area is 152 Å². The van der Waals surface area contributed by atoms with Crippen LogP contribution in [0.25, 0.3) is 0 Å². The van der Waals surface area contributed by atoms with Crippen molar-refractivity contribution >= 4 is 18.0 Å². The van der Waals surface area contributed by atoms with E-state index in [2.05, 4.69) is 0 Å². The number of hydrogen-bond donors (Lipinski definition) is 0. The van der Waals surface area contributed by atoms with Crippen LogP contribution in [0.2, 0.25) is 0 Å². The molecule has 2 rings (SSSR count). The third-order valence-corrected chi connectivity index (χ3v) is 3.97. The highest BCUT2D eigenvalue weighted by molar-refractivity contribution is 5.71. The van der Waals surface area contributed by atoms with Gasteiger partial charge in [0.25, 0.3) is 0 Å². The van der Waals surface area contributed by atoms with Gasteiger partial charge in [-0.3, -0.25) is 14.5 Å². The Bertz CT molecular complexity index is 658. The van der Waals surface area contributed by atoms with Crippen molar-refractivity contribution in [1.29, 1.82) is 0 Å². The minimum absolute atomic E-state index is 0.0626. The normalized spacial score (nSPS) is 21.8. The van der Waals surface area contributed by atoms with E-state index in [4.69, 9.17) is 18.9 Å². The van der Waals surface area contributed by atoms with Gasteiger partial charge in [0, 0.05) is 13.8 Å². The van der Waals surface area contributed by atoms with Gasteiger partial charge in [0.15, 0.2) is 12.2 Å². The summed E-state index contributed by atoms with van der Waals surface area (Å²) in [6.07, 6.45) is -2.19. The van der Waals surface area contributed by atoms with Gasteiger partial charge in [0.05, 0.1) is 20.3 Å². The van der Waals surface area contributed by atoms with Crippen molar-refractivity contribution in [3.8, 4) is 5.75 Å². The number of likely N-dealkylation sites (tertiary alicyclic amines) is 1. The summed E-state index contributed by atoms with van der Waals surface area (Å²) in [5, 5.41) is 0. The molecule has 3 atom stereocenters. The quantitative estimate of drug-likeness (QED) is 0.583. The van der Waals surface area contributed by atoms with Crippen LogP contribution < -0.4 is 4.74 Å². The molecule has 0 unspecified atom stereocenters. The standard InChI is InChI=1S/C18H23NO7/c1-5-24-18(22)19-10-15(25-11(2)20)17(26-12(3)21)16(19)13-6-8-14(23-4)9-7-13/h6-9,15-17H,5,10H2,1-4H3/t15-,16-,17+/m0/s1. The van der Waals surface area contributed by atoms with Gasteiger partial charge in [-0.15, -0.1) is 0 Å². The highest BCUT2D eigenvalue weighted by Gasteiger charge is 2.49. The van der Waals surface area contributed by atoms with E-state index in [1.54, 1.807) is 38.3 Å². The number of esters is 2. The number of carbonyl (C=O) groups is 3. The molecule has 1 fully saturated rings. The number of rotatable bonds is 5. The van der Waals surface area contributed by atoms with E-state index in [0.717, 1.165) is 0 Å². The smallest absolute Gasteiger partial charge is 0.410 e. The summed E-state index contributed by atoms with van der Waals surface area (Å²) in [5.74, 6) is -0.405. The molecular weight excluding hydrogens is 342 g/mol. The number of benzene rings is 1. The van der Waals surface area contributed by atoms with Gasteiger partial charge in [-0.2, -0.15) is 0 Å². The van der Waals surface area contributed by atoms with Crippen molar-refractivity contribution in [3.05, 3.63) is 29.8 Å². The Morgan fingerprint density at radius 3 is 2.19 bits per heavy atom. The van der Waals surface area contributed by atoms with Crippen LogP contribution in [-0.2, 0) is 23.8 Å². The third kappa shape index (κ3) is 4.44. The van der Waals surface area contributed by atoms with Gasteiger partial charge in [-0.05, 0) is 24.6 Å². The molecule has 26 heavy (non-hydrogen) atoms. The molecule has 1 aliphatic heterocycles. The Balaban J connectivity index is 2.42. The van der Waals surface area contributed by atoms with E-state index < -0.39 is 36.3 Å². The van der Waals surface area contributed by atoms with E-state index in [0.29, 0.717) is 11.3 Å². The van der Waals surface area contributed by atoms with Gasteiger partial charge >= 0.3 is 18.0 Å². The summed E-state index contributed by atoms with van der Waals surface area (Å²) >= 11 is 0. The highest BCUT2D eigenvalue weighted by atomic mass is 16.6. The van der Waals surface area contributed by atoms with E-state index in [1.807, 2.05) is 0 Å². The maximum atomic E-state index is 12.4. The average Bonchev–Trinajstić information content (AvgIpc) is 2.92. The summed E-state index contributed by atoms with van der Waals surface area (Å²) in [6, 6.07) is 6.36. The average molecular weight is 365 g/mol. The molecule has 1 aromatic carbocycles. The number of methoxy groups -OCH3 is 1. The van der Waals surface area contributed by atoms with Crippen molar-refractivity contribution < 1.29 is 33.3 Å². The molecule has 0 bridgehead atoms. The van der Waals surface area contributed by atoms with Crippen molar-refractivity contribution in [2.45, 2.75) is 39.0 Å². The molecule has 8 nitrogen and oxygen atoms in total. The first-order valence-corrected chi connectivity index (χ1v) is 8.29. The van der Waals surface area contributed by atoms with Gasteiger partial charge in [0.2, 0.25) is 0 Å². The maximum Gasteiger partial charge on any atom is 0.410 e. The van der Waals surface area contributed by atoms with E-state index in [9.17, 15) is 14.4 Å². The van der Waals surface area contributed by atoms with Crippen LogP contribution in [0.15, 0.2) is 24.3 Å². The lowest BCUT2D eigenvalue weighted by atomic mass is 10.0. The highest BCUT2D eigenvalue weighted by Crippen LogP contribution is 2.37. The zero-order chi connectivity index (χ0) is 19.3. The van der Waals surface area contributed by atoms with Crippen LogP contribution in [0.1, 0.15) is 32.4 Å².